The molecule has 0 unspecified atom stereocenters. The summed E-state index contributed by atoms with van der Waals surface area (Å²) in [5.74, 6) is 1.11. The zero-order chi connectivity index (χ0) is 16.8. The van der Waals surface area contributed by atoms with Gasteiger partial charge in [0.15, 0.2) is 23.1 Å². The standard InChI is InChI=1S/C17H21N5O2/c18-15-14(19-9-10-20-15)17(23)22-16-13(7-4-8-21-16)24-11-12-5-2-1-3-6-12/h4,7-10,12H,1-3,5-6,11H2,(H2,18,20)(H,21,22,23). The predicted octanol–water partition coefficient (Wildman–Crippen LogP) is 2.67. The average molecular weight is 327 g/mol. The van der Waals surface area contributed by atoms with Crippen LogP contribution >= 0.6 is 0 Å². The molecule has 0 radical (unpaired) electrons. The van der Waals surface area contributed by atoms with Crippen molar-refractivity contribution >= 4 is 17.5 Å². The molecule has 1 fully saturated rings. The number of ether oxygens (including phenoxy) is 1. The van der Waals surface area contributed by atoms with Crippen LogP contribution in [0.3, 0.4) is 0 Å². The molecule has 2 heterocycles. The first-order chi connectivity index (χ1) is 11.7. The van der Waals surface area contributed by atoms with Crippen molar-refractivity contribution in [1.82, 2.24) is 15.0 Å². The third-order valence-corrected chi connectivity index (χ3v) is 4.14. The van der Waals surface area contributed by atoms with Crippen LogP contribution in [0.15, 0.2) is 30.7 Å². The van der Waals surface area contributed by atoms with Gasteiger partial charge in [-0.3, -0.25) is 4.79 Å². The largest absolute Gasteiger partial charge is 0.489 e. The Bertz CT molecular complexity index is 701. The molecular weight excluding hydrogens is 306 g/mol. The number of aromatic nitrogens is 3. The van der Waals surface area contributed by atoms with Crippen molar-refractivity contribution in [2.24, 2.45) is 5.92 Å². The van der Waals surface area contributed by atoms with Crippen LogP contribution in [0.5, 0.6) is 5.75 Å². The monoisotopic (exact) mass is 327 g/mol. The van der Waals surface area contributed by atoms with Crippen LogP contribution in [0.4, 0.5) is 11.6 Å². The fourth-order valence-corrected chi connectivity index (χ4v) is 2.85. The van der Waals surface area contributed by atoms with Gasteiger partial charge in [-0.1, -0.05) is 19.3 Å². The molecule has 3 rings (SSSR count). The lowest BCUT2D eigenvalue weighted by Crippen LogP contribution is -2.19. The van der Waals surface area contributed by atoms with Crippen molar-refractivity contribution in [2.75, 3.05) is 17.7 Å². The molecule has 3 N–H and O–H groups in total. The molecule has 1 aliphatic rings. The van der Waals surface area contributed by atoms with Crippen LogP contribution in [-0.4, -0.2) is 27.5 Å². The summed E-state index contributed by atoms with van der Waals surface area (Å²) in [5, 5.41) is 2.70. The van der Waals surface area contributed by atoms with Gasteiger partial charge in [-0.05, 0) is 30.9 Å². The first kappa shape index (κ1) is 16.2. The quantitative estimate of drug-likeness (QED) is 0.875. The van der Waals surface area contributed by atoms with E-state index in [0.29, 0.717) is 24.1 Å². The van der Waals surface area contributed by atoms with Gasteiger partial charge in [0, 0.05) is 18.6 Å². The van der Waals surface area contributed by atoms with E-state index >= 15 is 0 Å². The Morgan fingerprint density at radius 2 is 1.96 bits per heavy atom. The molecular formula is C17H21N5O2. The van der Waals surface area contributed by atoms with Crippen molar-refractivity contribution in [3.63, 3.8) is 0 Å². The van der Waals surface area contributed by atoms with E-state index in [9.17, 15) is 4.79 Å². The number of rotatable bonds is 5. The highest BCUT2D eigenvalue weighted by Crippen LogP contribution is 2.27. The Hall–Kier alpha value is -2.70. The summed E-state index contributed by atoms with van der Waals surface area (Å²) in [7, 11) is 0. The molecule has 2 aromatic rings. The summed E-state index contributed by atoms with van der Waals surface area (Å²) >= 11 is 0. The van der Waals surface area contributed by atoms with Gasteiger partial charge in [0.25, 0.3) is 5.91 Å². The normalized spacial score (nSPS) is 15.0. The van der Waals surface area contributed by atoms with Crippen LogP contribution in [0, 0.1) is 5.92 Å². The maximum absolute atomic E-state index is 12.3. The van der Waals surface area contributed by atoms with Crippen LogP contribution < -0.4 is 15.8 Å². The summed E-state index contributed by atoms with van der Waals surface area (Å²) < 4.78 is 5.90. The number of nitrogens with one attached hydrogen (secondary N) is 1. The second kappa shape index (κ2) is 7.72. The number of hydrogen-bond donors (Lipinski definition) is 2. The molecule has 24 heavy (non-hydrogen) atoms. The molecule has 2 aromatic heterocycles. The molecule has 0 spiro atoms. The molecule has 7 heteroatoms. The Labute approximate surface area is 140 Å². The number of nitrogens with zero attached hydrogens (tertiary/aromatic N) is 3. The van der Waals surface area contributed by atoms with E-state index in [-0.39, 0.29) is 11.5 Å². The maximum Gasteiger partial charge on any atom is 0.279 e. The zero-order valence-electron chi connectivity index (χ0n) is 13.4. The second-order valence-electron chi connectivity index (χ2n) is 5.91. The molecule has 1 aliphatic carbocycles. The van der Waals surface area contributed by atoms with E-state index in [0.717, 1.165) is 0 Å². The van der Waals surface area contributed by atoms with Gasteiger partial charge in [-0.15, -0.1) is 0 Å². The van der Waals surface area contributed by atoms with Crippen molar-refractivity contribution in [1.29, 1.82) is 0 Å². The van der Waals surface area contributed by atoms with Crippen molar-refractivity contribution < 1.29 is 9.53 Å². The number of carbonyl (C=O) groups excluding carboxylic acids is 1. The molecule has 0 atom stereocenters. The number of nitrogen functional groups attached to an aromatic ring is 1. The highest BCUT2D eigenvalue weighted by Gasteiger charge is 2.17. The highest BCUT2D eigenvalue weighted by atomic mass is 16.5. The van der Waals surface area contributed by atoms with Crippen molar-refractivity contribution in [2.45, 2.75) is 32.1 Å². The molecule has 0 aliphatic heterocycles. The number of anilines is 2. The Balaban J connectivity index is 1.67. The van der Waals surface area contributed by atoms with Gasteiger partial charge >= 0.3 is 0 Å². The van der Waals surface area contributed by atoms with Crippen molar-refractivity contribution in [3.8, 4) is 5.75 Å². The molecule has 1 amide bonds. The second-order valence-corrected chi connectivity index (χ2v) is 5.91. The minimum atomic E-state index is -0.457. The minimum Gasteiger partial charge on any atom is -0.489 e. The lowest BCUT2D eigenvalue weighted by molar-refractivity contribution is 0.102. The van der Waals surface area contributed by atoms with Crippen LogP contribution in [0.2, 0.25) is 0 Å². The van der Waals surface area contributed by atoms with Gasteiger partial charge in [0.1, 0.15) is 0 Å². The van der Waals surface area contributed by atoms with E-state index in [1.165, 1.54) is 44.5 Å². The van der Waals surface area contributed by atoms with E-state index < -0.39 is 5.91 Å². The third kappa shape index (κ3) is 3.98. The maximum atomic E-state index is 12.3. The van der Waals surface area contributed by atoms with Gasteiger partial charge in [-0.2, -0.15) is 0 Å². The summed E-state index contributed by atoms with van der Waals surface area (Å²) in [6.07, 6.45) is 10.7. The summed E-state index contributed by atoms with van der Waals surface area (Å²) in [6.45, 7) is 0.641. The predicted molar refractivity (Wildman–Crippen MR) is 90.7 cm³/mol. The first-order valence-corrected chi connectivity index (χ1v) is 8.19. The average Bonchev–Trinajstić information content (AvgIpc) is 2.62. The fourth-order valence-electron chi connectivity index (χ4n) is 2.85. The molecule has 0 saturated heterocycles. The lowest BCUT2D eigenvalue weighted by atomic mass is 9.90. The molecule has 0 bridgehead atoms. The molecule has 0 aromatic carbocycles. The van der Waals surface area contributed by atoms with E-state index in [1.807, 2.05) is 0 Å². The van der Waals surface area contributed by atoms with Crippen LogP contribution in [0.1, 0.15) is 42.6 Å². The van der Waals surface area contributed by atoms with Crippen molar-refractivity contribution in [3.05, 3.63) is 36.4 Å². The fraction of sp³-hybridized carbons (Fsp3) is 0.412. The smallest absolute Gasteiger partial charge is 0.279 e. The van der Waals surface area contributed by atoms with Gasteiger partial charge in [0.05, 0.1) is 6.61 Å². The third-order valence-electron chi connectivity index (χ3n) is 4.14. The van der Waals surface area contributed by atoms with Gasteiger partial charge in [0.2, 0.25) is 0 Å². The summed E-state index contributed by atoms with van der Waals surface area (Å²) in [4.78, 5) is 24.3. The molecule has 7 nitrogen and oxygen atoms in total. The zero-order valence-corrected chi connectivity index (χ0v) is 13.4. The number of nitrogens with two attached hydrogens (primary N) is 1. The topological polar surface area (TPSA) is 103 Å². The number of amides is 1. The molecule has 126 valence electrons. The Morgan fingerprint density at radius 1 is 1.17 bits per heavy atom. The minimum absolute atomic E-state index is 0.0707. The lowest BCUT2D eigenvalue weighted by Gasteiger charge is -2.22. The first-order valence-electron chi connectivity index (χ1n) is 8.19. The summed E-state index contributed by atoms with van der Waals surface area (Å²) in [5.41, 5.74) is 5.75. The van der Waals surface area contributed by atoms with E-state index in [2.05, 4.69) is 20.3 Å². The van der Waals surface area contributed by atoms with Gasteiger partial charge in [-0.25, -0.2) is 15.0 Å². The van der Waals surface area contributed by atoms with Gasteiger partial charge < -0.3 is 15.8 Å². The Morgan fingerprint density at radius 3 is 2.75 bits per heavy atom. The van der Waals surface area contributed by atoms with E-state index in [1.54, 1.807) is 18.3 Å². The Kier molecular flexibility index (Phi) is 5.20. The van der Waals surface area contributed by atoms with Crippen LogP contribution in [-0.2, 0) is 0 Å². The summed E-state index contributed by atoms with van der Waals surface area (Å²) in [6, 6.07) is 3.58. The number of carbonyl (C=O) groups is 1. The van der Waals surface area contributed by atoms with E-state index in [4.69, 9.17) is 10.5 Å². The number of hydrogen-bond acceptors (Lipinski definition) is 6. The van der Waals surface area contributed by atoms with Crippen LogP contribution in [0.25, 0.3) is 0 Å². The highest BCUT2D eigenvalue weighted by molar-refractivity contribution is 6.05. The molecule has 1 saturated carbocycles. The number of pyridine rings is 1. The SMILES string of the molecule is Nc1nccnc1C(=O)Nc1ncccc1OCC1CCCCC1.